The van der Waals surface area contributed by atoms with E-state index in [1.165, 1.54) is 0 Å². The maximum Gasteiger partial charge on any atom is 0.418 e. The summed E-state index contributed by atoms with van der Waals surface area (Å²) in [5, 5.41) is 2.69. The number of imide groups is 1. The number of urea groups is 1. The number of amides is 3. The summed E-state index contributed by atoms with van der Waals surface area (Å²) >= 11 is 0. The standard InChI is InChI=1S/C17H27N3O5/c1-4-24-14-7-6-13(12-15(14)23-3)8-10-19-16(21)20(11-9-18)17(22)25-5-2/h6-7,12H,4-5,8-11,18H2,1-3H3,(H,19,21). The first-order valence-corrected chi connectivity index (χ1v) is 8.29. The molecule has 0 aliphatic carbocycles. The van der Waals surface area contributed by atoms with E-state index < -0.39 is 12.1 Å². The lowest BCUT2D eigenvalue weighted by molar-refractivity contribution is 0.115. The highest BCUT2D eigenvalue weighted by Gasteiger charge is 2.21. The summed E-state index contributed by atoms with van der Waals surface area (Å²) in [7, 11) is 1.58. The van der Waals surface area contributed by atoms with Crippen LogP contribution >= 0.6 is 0 Å². The summed E-state index contributed by atoms with van der Waals surface area (Å²) in [5.41, 5.74) is 6.41. The van der Waals surface area contributed by atoms with Gasteiger partial charge in [0.25, 0.3) is 0 Å². The lowest BCUT2D eigenvalue weighted by atomic mass is 10.1. The predicted molar refractivity (Wildman–Crippen MR) is 94.0 cm³/mol. The highest BCUT2D eigenvalue weighted by Crippen LogP contribution is 2.28. The van der Waals surface area contributed by atoms with Crippen molar-refractivity contribution >= 4 is 12.1 Å². The molecule has 0 aliphatic heterocycles. The minimum absolute atomic E-state index is 0.0988. The zero-order chi connectivity index (χ0) is 18.7. The van der Waals surface area contributed by atoms with E-state index in [1.807, 2.05) is 25.1 Å². The summed E-state index contributed by atoms with van der Waals surface area (Å²) in [4.78, 5) is 24.8. The summed E-state index contributed by atoms with van der Waals surface area (Å²) in [6.45, 7) is 4.95. The van der Waals surface area contributed by atoms with Gasteiger partial charge in [-0.3, -0.25) is 0 Å². The van der Waals surface area contributed by atoms with E-state index in [2.05, 4.69) is 5.32 Å². The SMILES string of the molecule is CCOC(=O)N(CCN)C(=O)NCCc1ccc(OCC)c(OC)c1. The van der Waals surface area contributed by atoms with Crippen LogP contribution in [0.1, 0.15) is 19.4 Å². The Kier molecular flexibility index (Phi) is 9.16. The number of hydrogen-bond acceptors (Lipinski definition) is 6. The molecule has 8 heteroatoms. The second-order valence-corrected chi connectivity index (χ2v) is 5.04. The first-order valence-electron chi connectivity index (χ1n) is 8.29. The molecule has 140 valence electrons. The van der Waals surface area contributed by atoms with Crippen LogP contribution in [0.2, 0.25) is 0 Å². The number of benzene rings is 1. The Hall–Kier alpha value is -2.48. The van der Waals surface area contributed by atoms with Crippen LogP contribution in [0, 0.1) is 0 Å². The largest absolute Gasteiger partial charge is 0.493 e. The fraction of sp³-hybridized carbons (Fsp3) is 0.529. The number of rotatable bonds is 9. The van der Waals surface area contributed by atoms with Gasteiger partial charge in [0.05, 0.1) is 20.3 Å². The number of nitrogens with two attached hydrogens (primary N) is 1. The molecule has 0 fully saturated rings. The van der Waals surface area contributed by atoms with Gasteiger partial charge in [0.2, 0.25) is 0 Å². The van der Waals surface area contributed by atoms with Gasteiger partial charge in [-0.1, -0.05) is 6.07 Å². The fourth-order valence-corrected chi connectivity index (χ4v) is 2.16. The Morgan fingerprint density at radius 1 is 1.20 bits per heavy atom. The number of nitrogens with zero attached hydrogens (tertiary/aromatic N) is 1. The first-order chi connectivity index (χ1) is 12.1. The van der Waals surface area contributed by atoms with Crippen molar-refractivity contribution in [1.82, 2.24) is 10.2 Å². The lowest BCUT2D eigenvalue weighted by Crippen LogP contribution is -2.46. The van der Waals surface area contributed by atoms with Gasteiger partial charge in [-0.2, -0.15) is 0 Å². The minimum Gasteiger partial charge on any atom is -0.493 e. The van der Waals surface area contributed by atoms with Crippen LogP contribution in [0.3, 0.4) is 0 Å². The molecule has 0 heterocycles. The van der Waals surface area contributed by atoms with Gasteiger partial charge in [-0.25, -0.2) is 14.5 Å². The molecule has 0 unspecified atom stereocenters. The van der Waals surface area contributed by atoms with Crippen molar-refractivity contribution in [3.63, 3.8) is 0 Å². The zero-order valence-electron chi connectivity index (χ0n) is 15.0. The van der Waals surface area contributed by atoms with Gasteiger partial charge < -0.3 is 25.3 Å². The molecule has 0 bridgehead atoms. The highest BCUT2D eigenvalue weighted by molar-refractivity contribution is 5.90. The van der Waals surface area contributed by atoms with Gasteiger partial charge in [0, 0.05) is 19.6 Å². The molecule has 25 heavy (non-hydrogen) atoms. The smallest absolute Gasteiger partial charge is 0.418 e. The van der Waals surface area contributed by atoms with E-state index in [1.54, 1.807) is 14.0 Å². The predicted octanol–water partition coefficient (Wildman–Crippen LogP) is 1.76. The van der Waals surface area contributed by atoms with Crippen LogP contribution in [-0.4, -0.2) is 57.0 Å². The molecule has 1 aromatic rings. The van der Waals surface area contributed by atoms with Gasteiger partial charge in [0.1, 0.15) is 0 Å². The molecule has 0 aliphatic rings. The van der Waals surface area contributed by atoms with Crippen molar-refractivity contribution in [2.75, 3.05) is 40.0 Å². The molecule has 0 saturated carbocycles. The van der Waals surface area contributed by atoms with Crippen LogP contribution in [-0.2, 0) is 11.2 Å². The maximum atomic E-state index is 12.1. The Labute approximate surface area is 148 Å². The van der Waals surface area contributed by atoms with Crippen molar-refractivity contribution in [2.45, 2.75) is 20.3 Å². The summed E-state index contributed by atoms with van der Waals surface area (Å²) in [6, 6.07) is 5.07. The normalized spacial score (nSPS) is 10.1. The molecule has 8 nitrogen and oxygen atoms in total. The molecule has 3 amide bonds. The van der Waals surface area contributed by atoms with E-state index in [0.717, 1.165) is 10.5 Å². The van der Waals surface area contributed by atoms with Crippen molar-refractivity contribution in [3.05, 3.63) is 23.8 Å². The van der Waals surface area contributed by atoms with E-state index in [0.29, 0.717) is 31.1 Å². The quantitative estimate of drug-likeness (QED) is 0.701. The number of nitrogens with one attached hydrogen (secondary N) is 1. The molecule has 1 aromatic carbocycles. The summed E-state index contributed by atoms with van der Waals surface area (Å²) in [6.07, 6.45) is -0.124. The van der Waals surface area contributed by atoms with E-state index in [4.69, 9.17) is 19.9 Å². The molecule has 0 radical (unpaired) electrons. The van der Waals surface area contributed by atoms with E-state index >= 15 is 0 Å². The number of carbonyl (C=O) groups excluding carboxylic acids is 2. The number of carbonyl (C=O) groups is 2. The summed E-state index contributed by atoms with van der Waals surface area (Å²) < 4.78 is 15.6. The Balaban J connectivity index is 2.60. The van der Waals surface area contributed by atoms with Crippen molar-refractivity contribution in [1.29, 1.82) is 0 Å². The zero-order valence-corrected chi connectivity index (χ0v) is 15.0. The van der Waals surface area contributed by atoms with Crippen molar-refractivity contribution in [2.24, 2.45) is 5.73 Å². The van der Waals surface area contributed by atoms with Crippen LogP contribution in [0.4, 0.5) is 9.59 Å². The highest BCUT2D eigenvalue weighted by atomic mass is 16.6. The van der Waals surface area contributed by atoms with Crippen molar-refractivity contribution < 1.29 is 23.8 Å². The van der Waals surface area contributed by atoms with Crippen molar-refractivity contribution in [3.8, 4) is 11.5 Å². The Morgan fingerprint density at radius 2 is 1.96 bits per heavy atom. The molecule has 3 N–H and O–H groups in total. The van der Waals surface area contributed by atoms with Crippen LogP contribution in [0.5, 0.6) is 11.5 Å². The average molecular weight is 353 g/mol. The number of hydrogen-bond donors (Lipinski definition) is 2. The Morgan fingerprint density at radius 3 is 2.56 bits per heavy atom. The average Bonchev–Trinajstić information content (AvgIpc) is 2.61. The minimum atomic E-state index is -0.701. The molecule has 0 saturated heterocycles. The van der Waals surface area contributed by atoms with Gasteiger partial charge in [-0.05, 0) is 38.0 Å². The molecule has 0 atom stereocenters. The monoisotopic (exact) mass is 353 g/mol. The second-order valence-electron chi connectivity index (χ2n) is 5.04. The third kappa shape index (κ3) is 6.50. The topological polar surface area (TPSA) is 103 Å². The lowest BCUT2D eigenvalue weighted by Gasteiger charge is -2.19. The van der Waals surface area contributed by atoms with E-state index in [9.17, 15) is 9.59 Å². The summed E-state index contributed by atoms with van der Waals surface area (Å²) in [5.74, 6) is 1.32. The number of ether oxygens (including phenoxy) is 3. The van der Waals surface area contributed by atoms with Gasteiger partial charge in [-0.15, -0.1) is 0 Å². The molecule has 0 aromatic heterocycles. The van der Waals surface area contributed by atoms with E-state index in [-0.39, 0.29) is 19.7 Å². The fourth-order valence-electron chi connectivity index (χ4n) is 2.16. The maximum absolute atomic E-state index is 12.1. The van der Waals surface area contributed by atoms with Crippen LogP contribution < -0.4 is 20.5 Å². The molecule has 0 spiro atoms. The third-order valence-corrected chi connectivity index (χ3v) is 3.30. The van der Waals surface area contributed by atoms with Crippen LogP contribution in [0.25, 0.3) is 0 Å². The van der Waals surface area contributed by atoms with Gasteiger partial charge in [0.15, 0.2) is 11.5 Å². The third-order valence-electron chi connectivity index (χ3n) is 3.30. The second kappa shape index (κ2) is 11.1. The van der Waals surface area contributed by atoms with Gasteiger partial charge >= 0.3 is 12.1 Å². The first kappa shape index (κ1) is 20.6. The number of methoxy groups -OCH3 is 1. The molecular formula is C17H27N3O5. The van der Waals surface area contributed by atoms with Crippen LogP contribution in [0.15, 0.2) is 18.2 Å². The molecule has 1 rings (SSSR count). The Bertz CT molecular complexity index is 565. The molecular weight excluding hydrogens is 326 g/mol.